The standard InChI is InChI=1S/C22H22ClNO6/c1-12-5-7-17(30-12)19-18(20(25)15-10-13(23)6-8-16(15)28-2)21(26)22(27)24(19)11-14-4-3-9-29-14/h5-8,10,14,19,25H,3-4,9,11H2,1-2H3/b20-18+. The summed E-state index contributed by atoms with van der Waals surface area (Å²) in [5.74, 6) is -0.489. The van der Waals surface area contributed by atoms with Crippen LogP contribution in [-0.4, -0.2) is 48.1 Å². The molecule has 8 heteroatoms. The average Bonchev–Trinajstić information content (AvgIpc) is 3.45. The fourth-order valence-corrected chi connectivity index (χ4v) is 4.15. The van der Waals surface area contributed by atoms with Gasteiger partial charge in [-0.2, -0.15) is 0 Å². The molecule has 2 aliphatic heterocycles. The number of nitrogens with zero attached hydrogens (tertiary/aromatic N) is 1. The molecule has 1 N–H and O–H groups in total. The molecule has 0 spiro atoms. The third-order valence-corrected chi connectivity index (χ3v) is 5.65. The summed E-state index contributed by atoms with van der Waals surface area (Å²) >= 11 is 6.10. The molecular weight excluding hydrogens is 410 g/mol. The summed E-state index contributed by atoms with van der Waals surface area (Å²) < 4.78 is 16.8. The zero-order valence-electron chi connectivity index (χ0n) is 16.7. The molecule has 0 aliphatic carbocycles. The van der Waals surface area contributed by atoms with Gasteiger partial charge < -0.3 is 23.9 Å². The SMILES string of the molecule is COc1ccc(Cl)cc1/C(O)=C1\C(=O)C(=O)N(CC2CCCO2)C1c1ccc(C)o1. The van der Waals surface area contributed by atoms with Gasteiger partial charge in [0.05, 0.1) is 24.4 Å². The van der Waals surface area contributed by atoms with Gasteiger partial charge in [-0.15, -0.1) is 0 Å². The van der Waals surface area contributed by atoms with Gasteiger partial charge in [0.15, 0.2) is 0 Å². The minimum atomic E-state index is -0.869. The molecule has 1 amide bonds. The van der Waals surface area contributed by atoms with E-state index in [9.17, 15) is 14.7 Å². The van der Waals surface area contributed by atoms with Crippen molar-refractivity contribution in [3.05, 3.63) is 58.0 Å². The lowest BCUT2D eigenvalue weighted by molar-refractivity contribution is -0.141. The van der Waals surface area contributed by atoms with Gasteiger partial charge in [0, 0.05) is 18.2 Å². The summed E-state index contributed by atoms with van der Waals surface area (Å²) in [7, 11) is 1.45. The fraction of sp³-hybridized carbons (Fsp3) is 0.364. The summed E-state index contributed by atoms with van der Waals surface area (Å²) in [6.45, 7) is 2.63. The van der Waals surface area contributed by atoms with E-state index in [2.05, 4.69) is 0 Å². The highest BCUT2D eigenvalue weighted by Crippen LogP contribution is 2.42. The van der Waals surface area contributed by atoms with Gasteiger partial charge in [-0.25, -0.2) is 0 Å². The second-order valence-electron chi connectivity index (χ2n) is 7.38. The van der Waals surface area contributed by atoms with Crippen LogP contribution in [0.4, 0.5) is 0 Å². The Balaban J connectivity index is 1.86. The lowest BCUT2D eigenvalue weighted by Gasteiger charge is -2.25. The highest BCUT2D eigenvalue weighted by atomic mass is 35.5. The molecule has 2 aliphatic rings. The Labute approximate surface area is 178 Å². The third-order valence-electron chi connectivity index (χ3n) is 5.41. The molecule has 4 rings (SSSR count). The van der Waals surface area contributed by atoms with Crippen LogP contribution >= 0.6 is 11.6 Å². The van der Waals surface area contributed by atoms with Gasteiger partial charge in [0.2, 0.25) is 0 Å². The van der Waals surface area contributed by atoms with Gasteiger partial charge in [0.1, 0.15) is 29.1 Å². The molecule has 1 aromatic heterocycles. The molecule has 0 saturated carbocycles. The van der Waals surface area contributed by atoms with E-state index >= 15 is 0 Å². The first kappa shape index (κ1) is 20.5. The Morgan fingerprint density at radius 3 is 2.73 bits per heavy atom. The summed E-state index contributed by atoms with van der Waals surface area (Å²) in [6.07, 6.45) is 1.54. The van der Waals surface area contributed by atoms with Crippen molar-refractivity contribution in [2.45, 2.75) is 31.9 Å². The highest BCUT2D eigenvalue weighted by Gasteiger charge is 2.48. The quantitative estimate of drug-likeness (QED) is 0.439. The van der Waals surface area contributed by atoms with E-state index in [1.165, 1.54) is 18.1 Å². The number of aryl methyl sites for hydroxylation is 1. The van der Waals surface area contributed by atoms with Crippen LogP contribution in [0.1, 0.15) is 36.0 Å². The monoisotopic (exact) mass is 431 g/mol. The van der Waals surface area contributed by atoms with Crippen molar-refractivity contribution in [1.82, 2.24) is 4.90 Å². The minimum absolute atomic E-state index is 0.0621. The predicted molar refractivity (Wildman–Crippen MR) is 109 cm³/mol. The largest absolute Gasteiger partial charge is 0.507 e. The maximum absolute atomic E-state index is 13.0. The van der Waals surface area contributed by atoms with Crippen molar-refractivity contribution >= 4 is 29.1 Å². The number of amides is 1. The highest BCUT2D eigenvalue weighted by molar-refractivity contribution is 6.46. The average molecular weight is 432 g/mol. The van der Waals surface area contributed by atoms with Gasteiger partial charge in [-0.05, 0) is 50.1 Å². The van der Waals surface area contributed by atoms with E-state index in [1.54, 1.807) is 31.2 Å². The number of likely N-dealkylation sites (tertiary alicyclic amines) is 1. The summed E-state index contributed by atoms with van der Waals surface area (Å²) in [5.41, 5.74) is 0.168. The predicted octanol–water partition coefficient (Wildman–Crippen LogP) is 3.85. The number of carbonyl (C=O) groups excluding carboxylic acids is 2. The Morgan fingerprint density at radius 2 is 2.10 bits per heavy atom. The van der Waals surface area contributed by atoms with Gasteiger partial charge in [-0.1, -0.05) is 11.6 Å². The number of furan rings is 1. The van der Waals surface area contributed by atoms with Crippen molar-refractivity contribution < 1.29 is 28.6 Å². The molecule has 2 saturated heterocycles. The molecule has 158 valence electrons. The normalized spacial score (nSPS) is 23.4. The Hall–Kier alpha value is -2.77. The van der Waals surface area contributed by atoms with Crippen LogP contribution in [-0.2, 0) is 14.3 Å². The van der Waals surface area contributed by atoms with Crippen LogP contribution < -0.4 is 4.74 Å². The molecule has 30 heavy (non-hydrogen) atoms. The zero-order valence-corrected chi connectivity index (χ0v) is 17.4. The molecule has 2 fully saturated rings. The summed E-state index contributed by atoms with van der Waals surface area (Å²) in [5, 5.41) is 11.5. The first-order valence-electron chi connectivity index (χ1n) is 9.71. The van der Waals surface area contributed by atoms with E-state index in [1.807, 2.05) is 0 Å². The molecule has 0 bridgehead atoms. The van der Waals surface area contributed by atoms with Crippen LogP contribution in [0.25, 0.3) is 5.76 Å². The lowest BCUT2D eigenvalue weighted by Crippen LogP contribution is -2.36. The Bertz CT molecular complexity index is 1020. The van der Waals surface area contributed by atoms with Gasteiger partial charge in [-0.3, -0.25) is 9.59 Å². The number of rotatable bonds is 5. The number of benzene rings is 1. The lowest BCUT2D eigenvalue weighted by atomic mass is 9.98. The number of carbonyl (C=O) groups is 2. The topological polar surface area (TPSA) is 89.2 Å². The van der Waals surface area contributed by atoms with Crippen molar-refractivity contribution in [2.75, 3.05) is 20.3 Å². The van der Waals surface area contributed by atoms with Crippen LogP contribution in [0.15, 0.2) is 40.3 Å². The van der Waals surface area contributed by atoms with Crippen molar-refractivity contribution in [3.63, 3.8) is 0 Å². The molecule has 2 atom stereocenters. The molecule has 7 nitrogen and oxygen atoms in total. The van der Waals surface area contributed by atoms with E-state index < -0.39 is 17.7 Å². The number of Topliss-reactive ketones (excluding diaryl/α,β-unsaturated/α-hetero) is 1. The Kier molecular flexibility index (Phi) is 5.58. The summed E-state index contributed by atoms with van der Waals surface area (Å²) in [4.78, 5) is 27.4. The van der Waals surface area contributed by atoms with E-state index in [4.69, 9.17) is 25.5 Å². The molecule has 0 radical (unpaired) electrons. The van der Waals surface area contributed by atoms with Crippen molar-refractivity contribution in [2.24, 2.45) is 0 Å². The minimum Gasteiger partial charge on any atom is -0.507 e. The van der Waals surface area contributed by atoms with Crippen LogP contribution in [0.2, 0.25) is 5.02 Å². The molecule has 3 heterocycles. The first-order chi connectivity index (χ1) is 14.4. The Morgan fingerprint density at radius 1 is 1.30 bits per heavy atom. The van der Waals surface area contributed by atoms with Crippen molar-refractivity contribution in [3.8, 4) is 5.75 Å². The fourth-order valence-electron chi connectivity index (χ4n) is 3.98. The number of hydrogen-bond acceptors (Lipinski definition) is 6. The van der Waals surface area contributed by atoms with E-state index in [-0.39, 0.29) is 29.5 Å². The molecule has 2 unspecified atom stereocenters. The second-order valence-corrected chi connectivity index (χ2v) is 7.82. The van der Waals surface area contributed by atoms with Crippen LogP contribution in [0.3, 0.4) is 0 Å². The number of hydrogen-bond donors (Lipinski definition) is 1. The van der Waals surface area contributed by atoms with Gasteiger partial charge in [0.25, 0.3) is 11.7 Å². The van der Waals surface area contributed by atoms with Gasteiger partial charge >= 0.3 is 0 Å². The number of ether oxygens (including phenoxy) is 2. The van der Waals surface area contributed by atoms with E-state index in [0.29, 0.717) is 28.9 Å². The molecule has 1 aromatic carbocycles. The van der Waals surface area contributed by atoms with Crippen molar-refractivity contribution in [1.29, 1.82) is 0 Å². The number of methoxy groups -OCH3 is 1. The summed E-state index contributed by atoms with van der Waals surface area (Å²) in [6, 6.07) is 7.28. The second kappa shape index (κ2) is 8.16. The van der Waals surface area contributed by atoms with Crippen LogP contribution in [0.5, 0.6) is 5.75 Å². The first-order valence-corrected chi connectivity index (χ1v) is 10.1. The number of aliphatic hydroxyl groups excluding tert-OH is 1. The van der Waals surface area contributed by atoms with E-state index in [0.717, 1.165) is 12.8 Å². The maximum atomic E-state index is 13.0. The number of halogens is 1. The van der Waals surface area contributed by atoms with Crippen LogP contribution in [0, 0.1) is 6.92 Å². The third kappa shape index (κ3) is 3.59. The maximum Gasteiger partial charge on any atom is 0.295 e. The number of aliphatic hydroxyl groups is 1. The number of ketones is 1. The smallest absolute Gasteiger partial charge is 0.295 e. The zero-order chi connectivity index (χ0) is 21.4. The molecule has 2 aromatic rings. The molecular formula is C22H22ClNO6.